The molecule has 2 heterocycles. The average Bonchev–Trinajstić information content (AvgIpc) is 2.64. The van der Waals surface area contributed by atoms with Gasteiger partial charge in [0.05, 0.1) is 10.4 Å². The van der Waals surface area contributed by atoms with Gasteiger partial charge in [-0.1, -0.05) is 11.3 Å². The van der Waals surface area contributed by atoms with E-state index in [2.05, 4.69) is 27.0 Å². The van der Waals surface area contributed by atoms with E-state index in [4.69, 9.17) is 5.11 Å². The van der Waals surface area contributed by atoms with Crippen LogP contribution in [-0.2, 0) is 13.0 Å². The lowest BCUT2D eigenvalue weighted by Crippen LogP contribution is -2.35. The molecule has 84 valence electrons. The number of hydrogen-bond donors (Lipinski definition) is 1. The van der Waals surface area contributed by atoms with Crippen LogP contribution in [0.15, 0.2) is 24.2 Å². The van der Waals surface area contributed by atoms with E-state index in [1.807, 2.05) is 12.4 Å². The van der Waals surface area contributed by atoms with Crippen molar-refractivity contribution in [3.05, 3.63) is 40.4 Å². The van der Waals surface area contributed by atoms with Crippen LogP contribution in [0, 0.1) is 6.92 Å². The normalized spacial score (nSPS) is 10.6. The molecule has 2 rings (SSSR count). The fourth-order valence-electron chi connectivity index (χ4n) is 1.56. The molecule has 1 N–H and O–H groups in total. The van der Waals surface area contributed by atoms with E-state index in [-0.39, 0.29) is 6.61 Å². The summed E-state index contributed by atoms with van der Waals surface area (Å²) in [4.78, 5) is 9.22. The molecule has 0 aliphatic rings. The van der Waals surface area contributed by atoms with Crippen molar-refractivity contribution in [1.82, 2.24) is 9.97 Å². The summed E-state index contributed by atoms with van der Waals surface area (Å²) >= 11 is 1.68. The Balaban J connectivity index is 2.16. The lowest BCUT2D eigenvalue weighted by atomic mass is 10.3. The Morgan fingerprint density at radius 2 is 2.12 bits per heavy atom. The molecule has 0 aliphatic heterocycles. The number of aliphatic hydroxyl groups excluding tert-OH is 1. The zero-order valence-electron chi connectivity index (χ0n) is 9.13. The highest BCUT2D eigenvalue weighted by Gasteiger charge is 2.14. The van der Waals surface area contributed by atoms with Gasteiger partial charge in [-0.15, -0.1) is 0 Å². The Labute approximate surface area is 98.3 Å². The highest BCUT2D eigenvalue weighted by molar-refractivity contribution is 7.09. The van der Waals surface area contributed by atoms with Gasteiger partial charge in [-0.25, -0.2) is 9.97 Å². The van der Waals surface area contributed by atoms with E-state index in [1.54, 1.807) is 11.3 Å². The van der Waals surface area contributed by atoms with Crippen molar-refractivity contribution in [1.29, 1.82) is 0 Å². The molecule has 0 atom stereocenters. The van der Waals surface area contributed by atoms with Crippen molar-refractivity contribution in [2.24, 2.45) is 0 Å². The topological polar surface area (TPSA) is 49.9 Å². The van der Waals surface area contributed by atoms with Gasteiger partial charge in [-0.3, -0.25) is 0 Å². The maximum Gasteiger partial charge on any atom is 0.225 e. The third-order valence-corrected chi connectivity index (χ3v) is 3.61. The second-order valence-corrected chi connectivity index (χ2v) is 4.52. The van der Waals surface area contributed by atoms with Gasteiger partial charge in [0.25, 0.3) is 0 Å². The van der Waals surface area contributed by atoms with E-state index < -0.39 is 0 Å². The molecule has 16 heavy (non-hydrogen) atoms. The minimum Gasteiger partial charge on any atom is -0.396 e. The Kier molecular flexibility index (Phi) is 3.58. The van der Waals surface area contributed by atoms with Crippen LogP contribution in [-0.4, -0.2) is 21.7 Å². The standard InChI is InChI=1S/C11H14N3OS/c1-9-11(2-3-15)16-8-14(9)6-10-4-12-7-13-5-10/h4-5,7-8,15H,2-3,6H2,1H3/q+1. The van der Waals surface area contributed by atoms with Crippen LogP contribution in [0.4, 0.5) is 0 Å². The largest absolute Gasteiger partial charge is 0.396 e. The fraction of sp³-hybridized carbons (Fsp3) is 0.364. The molecule has 0 radical (unpaired) electrons. The van der Waals surface area contributed by atoms with Crippen LogP contribution in [0.2, 0.25) is 0 Å². The number of rotatable bonds is 4. The molecule has 5 heteroatoms. The number of aromatic nitrogens is 3. The van der Waals surface area contributed by atoms with Crippen molar-refractivity contribution in [3.8, 4) is 0 Å². The van der Waals surface area contributed by atoms with Crippen LogP contribution in [0.3, 0.4) is 0 Å². The number of hydrogen-bond acceptors (Lipinski definition) is 4. The SMILES string of the molecule is Cc1c(CCO)sc[n+]1Cc1cncnc1. The number of thiazole rings is 1. The van der Waals surface area contributed by atoms with Crippen molar-refractivity contribution in [2.45, 2.75) is 19.9 Å². The molecule has 2 aromatic rings. The van der Waals surface area contributed by atoms with Gasteiger partial charge in [-0.2, -0.15) is 4.57 Å². The molecule has 0 aromatic carbocycles. The van der Waals surface area contributed by atoms with E-state index in [0.717, 1.165) is 18.5 Å². The molecule has 0 spiro atoms. The summed E-state index contributed by atoms with van der Waals surface area (Å²) in [6.07, 6.45) is 5.91. The molecular formula is C11H14N3OS+. The predicted molar refractivity (Wildman–Crippen MR) is 61.2 cm³/mol. The van der Waals surface area contributed by atoms with E-state index in [1.165, 1.54) is 16.9 Å². The maximum absolute atomic E-state index is 8.92. The third kappa shape index (κ3) is 2.43. The van der Waals surface area contributed by atoms with Crippen LogP contribution in [0.5, 0.6) is 0 Å². The van der Waals surface area contributed by atoms with Crippen molar-refractivity contribution < 1.29 is 9.67 Å². The Morgan fingerprint density at radius 3 is 2.81 bits per heavy atom. The van der Waals surface area contributed by atoms with Gasteiger partial charge >= 0.3 is 0 Å². The van der Waals surface area contributed by atoms with Crippen molar-refractivity contribution in [2.75, 3.05) is 6.61 Å². The molecule has 2 aromatic heterocycles. The van der Waals surface area contributed by atoms with Crippen LogP contribution in [0.1, 0.15) is 16.1 Å². The number of nitrogens with zero attached hydrogens (tertiary/aromatic N) is 3. The molecule has 0 amide bonds. The summed E-state index contributed by atoms with van der Waals surface area (Å²) in [5, 5.41) is 8.92. The second-order valence-electron chi connectivity index (χ2n) is 3.58. The molecule has 0 saturated heterocycles. The van der Waals surface area contributed by atoms with Crippen LogP contribution >= 0.6 is 11.3 Å². The van der Waals surface area contributed by atoms with E-state index in [0.29, 0.717) is 0 Å². The van der Waals surface area contributed by atoms with Gasteiger partial charge < -0.3 is 5.11 Å². The quantitative estimate of drug-likeness (QED) is 0.796. The summed E-state index contributed by atoms with van der Waals surface area (Å²) in [7, 11) is 0. The first-order chi connectivity index (χ1) is 7.81. The van der Waals surface area contributed by atoms with Crippen molar-refractivity contribution >= 4 is 11.3 Å². The highest BCUT2D eigenvalue weighted by atomic mass is 32.1. The monoisotopic (exact) mass is 236 g/mol. The Bertz CT molecular complexity index is 456. The van der Waals surface area contributed by atoms with E-state index >= 15 is 0 Å². The zero-order chi connectivity index (χ0) is 11.4. The first kappa shape index (κ1) is 11.2. The average molecular weight is 236 g/mol. The smallest absolute Gasteiger partial charge is 0.225 e. The highest BCUT2D eigenvalue weighted by Crippen LogP contribution is 2.11. The maximum atomic E-state index is 8.92. The molecule has 0 aliphatic carbocycles. The molecule has 0 saturated carbocycles. The van der Waals surface area contributed by atoms with Gasteiger partial charge in [0.2, 0.25) is 5.51 Å². The molecule has 0 fully saturated rings. The van der Waals surface area contributed by atoms with Gasteiger partial charge in [0.15, 0.2) is 12.2 Å². The zero-order valence-corrected chi connectivity index (χ0v) is 9.94. The minimum absolute atomic E-state index is 0.204. The summed E-state index contributed by atoms with van der Waals surface area (Å²) in [6.45, 7) is 3.07. The minimum atomic E-state index is 0.204. The summed E-state index contributed by atoms with van der Waals surface area (Å²) in [6, 6.07) is 0. The molecule has 0 unspecified atom stereocenters. The van der Waals surface area contributed by atoms with Gasteiger partial charge in [0.1, 0.15) is 6.33 Å². The first-order valence-electron chi connectivity index (χ1n) is 5.12. The summed E-state index contributed by atoms with van der Waals surface area (Å²) < 4.78 is 2.16. The second kappa shape index (κ2) is 5.14. The lowest BCUT2D eigenvalue weighted by Gasteiger charge is -1.96. The molecule has 4 nitrogen and oxygen atoms in total. The Morgan fingerprint density at radius 1 is 1.38 bits per heavy atom. The predicted octanol–water partition coefficient (Wildman–Crippen LogP) is 0.717. The third-order valence-electron chi connectivity index (χ3n) is 2.46. The lowest BCUT2D eigenvalue weighted by molar-refractivity contribution is -0.689. The van der Waals surface area contributed by atoms with Crippen molar-refractivity contribution in [3.63, 3.8) is 0 Å². The van der Waals surface area contributed by atoms with Crippen LogP contribution in [0.25, 0.3) is 0 Å². The Hall–Kier alpha value is -1.33. The molecule has 0 bridgehead atoms. The number of aliphatic hydroxyl groups is 1. The van der Waals surface area contributed by atoms with E-state index in [9.17, 15) is 0 Å². The van der Waals surface area contributed by atoms with Gasteiger partial charge in [0, 0.05) is 32.3 Å². The first-order valence-corrected chi connectivity index (χ1v) is 6.00. The van der Waals surface area contributed by atoms with Gasteiger partial charge in [-0.05, 0) is 0 Å². The van der Waals surface area contributed by atoms with Crippen LogP contribution < -0.4 is 4.57 Å². The fourth-order valence-corrected chi connectivity index (χ4v) is 2.54. The molecular weight excluding hydrogens is 222 g/mol. The summed E-state index contributed by atoms with van der Waals surface area (Å²) in [5.74, 6) is 0. The summed E-state index contributed by atoms with van der Waals surface area (Å²) in [5.41, 5.74) is 4.37.